The van der Waals surface area contributed by atoms with Crippen molar-refractivity contribution in [3.63, 3.8) is 0 Å². The smallest absolute Gasteiger partial charge is 0.119 e. The van der Waals surface area contributed by atoms with E-state index in [1.807, 2.05) is 72.5 Å². The first-order valence-corrected chi connectivity index (χ1v) is 9.95. The summed E-state index contributed by atoms with van der Waals surface area (Å²) in [5, 5.41) is 14.4. The number of rotatable bonds is 12. The van der Waals surface area contributed by atoms with Gasteiger partial charge in [-0.25, -0.2) is 0 Å². The Bertz CT molecular complexity index is 851. The number of aromatic nitrogens is 2. The monoisotopic (exact) mass is 411 g/mol. The minimum absolute atomic E-state index is 0.236. The van der Waals surface area contributed by atoms with Crippen LogP contribution in [0.3, 0.4) is 0 Å². The first kappa shape index (κ1) is 21.7. The minimum atomic E-state index is -0.581. The molecule has 1 N–H and O–H groups in total. The normalized spacial score (nSPS) is 12.0. The molecule has 0 spiro atoms. The Balaban J connectivity index is 1.36. The van der Waals surface area contributed by atoms with E-state index < -0.39 is 6.10 Å². The van der Waals surface area contributed by atoms with Crippen LogP contribution in [0.1, 0.15) is 5.56 Å². The van der Waals surface area contributed by atoms with Gasteiger partial charge < -0.3 is 19.3 Å². The highest BCUT2D eigenvalue weighted by atomic mass is 16.5. The summed E-state index contributed by atoms with van der Waals surface area (Å²) >= 11 is 0. The maximum Gasteiger partial charge on any atom is 0.119 e. The number of hydrogen-bond acceptors (Lipinski definition) is 6. The first-order valence-electron chi connectivity index (χ1n) is 9.95. The van der Waals surface area contributed by atoms with Crippen molar-refractivity contribution in [1.82, 2.24) is 14.7 Å². The van der Waals surface area contributed by atoms with Crippen molar-refractivity contribution in [2.75, 3.05) is 33.9 Å². The summed E-state index contributed by atoms with van der Waals surface area (Å²) in [5.41, 5.74) is 1.15. The molecule has 0 aliphatic carbocycles. The highest BCUT2D eigenvalue weighted by molar-refractivity contribution is 5.31. The van der Waals surface area contributed by atoms with Gasteiger partial charge in [-0.3, -0.25) is 9.58 Å². The number of aliphatic hydroxyl groups is 1. The third-order valence-corrected chi connectivity index (χ3v) is 4.55. The maximum atomic E-state index is 10.3. The molecular weight excluding hydrogens is 382 g/mol. The second kappa shape index (κ2) is 11.2. The molecule has 3 rings (SSSR count). The molecule has 0 saturated carbocycles. The van der Waals surface area contributed by atoms with Crippen LogP contribution >= 0.6 is 0 Å². The lowest BCUT2D eigenvalue weighted by atomic mass is 10.2. The number of likely N-dealkylation sites (N-methyl/N-ethyl adjacent to an activating group) is 1. The van der Waals surface area contributed by atoms with Gasteiger partial charge in [0.25, 0.3) is 0 Å². The van der Waals surface area contributed by atoms with Gasteiger partial charge in [0, 0.05) is 25.5 Å². The summed E-state index contributed by atoms with van der Waals surface area (Å²) in [4.78, 5) is 2.07. The Morgan fingerprint density at radius 3 is 2.33 bits per heavy atom. The van der Waals surface area contributed by atoms with Gasteiger partial charge in [0.1, 0.15) is 36.6 Å². The average Bonchev–Trinajstić information content (AvgIpc) is 3.27. The van der Waals surface area contributed by atoms with E-state index >= 15 is 0 Å². The standard InChI is InChI=1S/C23H29N3O4/c1-25(17-20(27)18-30-23-10-8-21(28-2)9-11-23)16-19-4-6-22(7-5-19)29-15-14-26-13-3-12-24-26/h3-13,20,27H,14-18H2,1-2H3/t20-/m1/s1. The largest absolute Gasteiger partial charge is 0.497 e. The molecule has 1 atom stereocenters. The van der Waals surface area contributed by atoms with E-state index in [9.17, 15) is 5.11 Å². The third kappa shape index (κ3) is 7.09. The number of methoxy groups -OCH3 is 1. The Morgan fingerprint density at radius 2 is 1.67 bits per heavy atom. The van der Waals surface area contributed by atoms with Crippen LogP contribution in [-0.2, 0) is 13.1 Å². The second-order valence-electron chi connectivity index (χ2n) is 7.10. The Kier molecular flexibility index (Phi) is 8.11. The molecule has 7 heteroatoms. The predicted molar refractivity (Wildman–Crippen MR) is 115 cm³/mol. The van der Waals surface area contributed by atoms with Gasteiger partial charge in [-0.05, 0) is 55.1 Å². The number of hydrogen-bond donors (Lipinski definition) is 1. The molecule has 0 aliphatic heterocycles. The van der Waals surface area contributed by atoms with Gasteiger partial charge in [-0.15, -0.1) is 0 Å². The minimum Gasteiger partial charge on any atom is -0.497 e. The molecule has 0 amide bonds. The Hall–Kier alpha value is -3.03. The molecule has 7 nitrogen and oxygen atoms in total. The fraction of sp³-hybridized carbons (Fsp3) is 0.348. The number of ether oxygens (including phenoxy) is 3. The summed E-state index contributed by atoms with van der Waals surface area (Å²) < 4.78 is 18.4. The summed E-state index contributed by atoms with van der Waals surface area (Å²) in [6.45, 7) is 2.76. The van der Waals surface area contributed by atoms with E-state index in [4.69, 9.17) is 14.2 Å². The van der Waals surface area contributed by atoms with Crippen LogP contribution in [0.25, 0.3) is 0 Å². The fourth-order valence-corrected chi connectivity index (χ4v) is 3.03. The lowest BCUT2D eigenvalue weighted by molar-refractivity contribution is 0.0743. The van der Waals surface area contributed by atoms with E-state index in [0.717, 1.165) is 23.6 Å². The lowest BCUT2D eigenvalue weighted by Crippen LogP contribution is -2.32. The molecule has 30 heavy (non-hydrogen) atoms. The van der Waals surface area contributed by atoms with Crippen molar-refractivity contribution in [1.29, 1.82) is 0 Å². The third-order valence-electron chi connectivity index (χ3n) is 4.55. The van der Waals surface area contributed by atoms with Gasteiger partial charge >= 0.3 is 0 Å². The van der Waals surface area contributed by atoms with E-state index in [0.29, 0.717) is 25.4 Å². The molecule has 160 valence electrons. The van der Waals surface area contributed by atoms with Gasteiger partial charge in [-0.2, -0.15) is 5.10 Å². The first-order chi connectivity index (χ1) is 14.6. The van der Waals surface area contributed by atoms with Crippen molar-refractivity contribution < 1.29 is 19.3 Å². The molecule has 1 aromatic heterocycles. The van der Waals surface area contributed by atoms with Crippen LogP contribution in [0, 0.1) is 0 Å². The summed E-state index contributed by atoms with van der Waals surface area (Å²) in [5.74, 6) is 2.32. The zero-order chi connectivity index (χ0) is 21.2. The number of benzene rings is 2. The van der Waals surface area contributed by atoms with Crippen LogP contribution < -0.4 is 14.2 Å². The van der Waals surface area contributed by atoms with E-state index in [2.05, 4.69) is 10.00 Å². The molecule has 1 heterocycles. The van der Waals surface area contributed by atoms with Crippen molar-refractivity contribution in [3.8, 4) is 17.2 Å². The Morgan fingerprint density at radius 1 is 1.00 bits per heavy atom. The summed E-state index contributed by atoms with van der Waals surface area (Å²) in [6.07, 6.45) is 3.09. The topological polar surface area (TPSA) is 69.0 Å². The molecule has 0 bridgehead atoms. The zero-order valence-electron chi connectivity index (χ0n) is 17.5. The molecule has 0 radical (unpaired) electrons. The molecule has 0 fully saturated rings. The van der Waals surface area contributed by atoms with Crippen LogP contribution in [0.15, 0.2) is 67.0 Å². The van der Waals surface area contributed by atoms with E-state index in [1.165, 1.54) is 0 Å². The van der Waals surface area contributed by atoms with Crippen LogP contribution in [-0.4, -0.2) is 59.8 Å². The molecule has 3 aromatic rings. The van der Waals surface area contributed by atoms with Gasteiger partial charge in [0.2, 0.25) is 0 Å². The van der Waals surface area contributed by atoms with Crippen molar-refractivity contribution in [3.05, 3.63) is 72.6 Å². The predicted octanol–water partition coefficient (Wildman–Crippen LogP) is 2.84. The maximum absolute atomic E-state index is 10.3. The average molecular weight is 412 g/mol. The van der Waals surface area contributed by atoms with Crippen molar-refractivity contribution in [2.24, 2.45) is 0 Å². The summed E-state index contributed by atoms with van der Waals surface area (Å²) in [6, 6.07) is 17.2. The van der Waals surface area contributed by atoms with E-state index in [1.54, 1.807) is 13.3 Å². The number of nitrogens with zero attached hydrogens (tertiary/aromatic N) is 3. The van der Waals surface area contributed by atoms with Crippen LogP contribution in [0.2, 0.25) is 0 Å². The number of aliphatic hydroxyl groups excluding tert-OH is 1. The molecule has 2 aromatic carbocycles. The van der Waals surface area contributed by atoms with Crippen LogP contribution in [0.5, 0.6) is 17.2 Å². The zero-order valence-corrected chi connectivity index (χ0v) is 17.5. The van der Waals surface area contributed by atoms with Crippen LogP contribution in [0.4, 0.5) is 0 Å². The SMILES string of the molecule is COc1ccc(OC[C@H](O)CN(C)Cc2ccc(OCCn3cccn3)cc2)cc1. The second-order valence-corrected chi connectivity index (χ2v) is 7.10. The summed E-state index contributed by atoms with van der Waals surface area (Å²) in [7, 11) is 3.60. The Labute approximate surface area is 177 Å². The van der Waals surface area contributed by atoms with Gasteiger partial charge in [0.05, 0.1) is 13.7 Å². The quantitative estimate of drug-likeness (QED) is 0.494. The molecular formula is C23H29N3O4. The van der Waals surface area contributed by atoms with E-state index in [-0.39, 0.29) is 6.61 Å². The lowest BCUT2D eigenvalue weighted by Gasteiger charge is -2.21. The fourth-order valence-electron chi connectivity index (χ4n) is 3.03. The molecule has 0 unspecified atom stereocenters. The van der Waals surface area contributed by atoms with Gasteiger partial charge in [0.15, 0.2) is 0 Å². The van der Waals surface area contributed by atoms with Crippen molar-refractivity contribution >= 4 is 0 Å². The molecule has 0 aliphatic rings. The van der Waals surface area contributed by atoms with Gasteiger partial charge in [-0.1, -0.05) is 12.1 Å². The molecule has 0 saturated heterocycles. The highest BCUT2D eigenvalue weighted by Crippen LogP contribution is 2.17. The van der Waals surface area contributed by atoms with Crippen molar-refractivity contribution in [2.45, 2.75) is 19.2 Å². The highest BCUT2D eigenvalue weighted by Gasteiger charge is 2.10.